The third-order valence-corrected chi connectivity index (χ3v) is 3.86. The van der Waals surface area contributed by atoms with Crippen molar-refractivity contribution in [2.45, 2.75) is 53.5 Å². The Balaban J connectivity index is 2.93. The molecule has 0 aliphatic heterocycles. The Kier molecular flexibility index (Phi) is 4.49. The average Bonchev–Trinajstić information content (AvgIpc) is 2.24. The molecule has 2 nitrogen and oxygen atoms in total. The van der Waals surface area contributed by atoms with Crippen LogP contribution in [0.3, 0.4) is 0 Å². The fraction of sp³-hybridized carbons (Fsp3) is 0.600. The van der Waals surface area contributed by atoms with E-state index in [1.54, 1.807) is 12.1 Å². The van der Waals surface area contributed by atoms with Crippen LogP contribution in [0.15, 0.2) is 24.3 Å². The molecule has 0 atom stereocenters. The van der Waals surface area contributed by atoms with E-state index in [9.17, 15) is 5.11 Å². The number of phenols is 1. The van der Waals surface area contributed by atoms with Gasteiger partial charge in [-0.05, 0) is 43.2 Å². The van der Waals surface area contributed by atoms with Crippen LogP contribution in [-0.4, -0.2) is 17.6 Å². The normalized spacial score (nSPS) is 12.6. The lowest BCUT2D eigenvalue weighted by molar-refractivity contribution is -0.000442. The lowest BCUT2D eigenvalue weighted by atomic mass is 9.57. The van der Waals surface area contributed by atoms with Crippen LogP contribution in [-0.2, 0) is 4.65 Å². The molecule has 0 amide bonds. The van der Waals surface area contributed by atoms with Gasteiger partial charge in [-0.3, -0.25) is 0 Å². The molecule has 0 spiro atoms. The summed E-state index contributed by atoms with van der Waals surface area (Å²) in [5, 5.41) is 9.56. The van der Waals surface area contributed by atoms with E-state index in [0.29, 0.717) is 5.75 Å². The van der Waals surface area contributed by atoms with Gasteiger partial charge in [0.15, 0.2) is 0 Å². The van der Waals surface area contributed by atoms with Crippen molar-refractivity contribution in [3.8, 4) is 5.75 Å². The minimum atomic E-state index is -0.223. The molecule has 0 aliphatic rings. The fourth-order valence-corrected chi connectivity index (χ4v) is 1.64. The summed E-state index contributed by atoms with van der Waals surface area (Å²) in [5.74, 6) is 0.295. The number of phenolic OH excluding ortho intramolecular Hbond substituents is 1. The van der Waals surface area contributed by atoms with Gasteiger partial charge in [-0.1, -0.05) is 39.8 Å². The van der Waals surface area contributed by atoms with Gasteiger partial charge in [0.25, 0.3) is 0 Å². The van der Waals surface area contributed by atoms with Crippen LogP contribution in [0, 0.1) is 5.41 Å². The molecule has 0 aliphatic carbocycles. The molecule has 0 fully saturated rings. The maximum absolute atomic E-state index is 9.56. The second-order valence-corrected chi connectivity index (χ2v) is 6.37. The fourth-order valence-electron chi connectivity index (χ4n) is 1.64. The van der Waals surface area contributed by atoms with Gasteiger partial charge in [0, 0.05) is 0 Å². The molecule has 0 radical (unpaired) electrons. The molecule has 0 saturated carbocycles. The topological polar surface area (TPSA) is 29.5 Å². The van der Waals surface area contributed by atoms with Crippen molar-refractivity contribution in [3.05, 3.63) is 24.3 Å². The van der Waals surface area contributed by atoms with Crippen molar-refractivity contribution in [2.75, 3.05) is 0 Å². The van der Waals surface area contributed by atoms with Gasteiger partial charge in [-0.2, -0.15) is 0 Å². The predicted octanol–water partition coefficient (Wildman–Crippen LogP) is 3.45. The Morgan fingerprint density at radius 3 is 2.22 bits per heavy atom. The molecule has 1 rings (SSSR count). The lowest BCUT2D eigenvalue weighted by Crippen LogP contribution is -2.47. The highest BCUT2D eigenvalue weighted by Crippen LogP contribution is 2.33. The molecule has 0 heterocycles. The van der Waals surface area contributed by atoms with E-state index in [1.165, 1.54) is 0 Å². The highest BCUT2D eigenvalue weighted by molar-refractivity contribution is 6.67. The first kappa shape index (κ1) is 15.1. The molecule has 0 aromatic heterocycles. The van der Waals surface area contributed by atoms with Crippen molar-refractivity contribution in [1.29, 1.82) is 0 Å². The second-order valence-electron chi connectivity index (χ2n) is 6.37. The van der Waals surface area contributed by atoms with Crippen LogP contribution in [0.25, 0.3) is 0 Å². The molecule has 3 heteroatoms. The molecule has 1 aromatic carbocycles. The number of rotatable bonds is 4. The van der Waals surface area contributed by atoms with Gasteiger partial charge in [-0.15, -0.1) is 0 Å². The number of benzene rings is 1. The number of hydrogen-bond donors (Lipinski definition) is 1. The lowest BCUT2D eigenvalue weighted by Gasteiger charge is -2.41. The Hall–Kier alpha value is -0.955. The van der Waals surface area contributed by atoms with Crippen LogP contribution in [0.5, 0.6) is 5.75 Å². The molecule has 0 saturated heterocycles. The molecule has 1 N–H and O–H groups in total. The molecule has 0 bridgehead atoms. The van der Waals surface area contributed by atoms with Gasteiger partial charge in [0.1, 0.15) is 5.75 Å². The number of hydrogen-bond acceptors (Lipinski definition) is 2. The van der Waals surface area contributed by atoms with E-state index in [0.717, 1.165) is 11.8 Å². The summed E-state index contributed by atoms with van der Waals surface area (Å²) in [6.07, 6.45) is 0.892. The summed E-state index contributed by atoms with van der Waals surface area (Å²) in [6, 6.07) is 7.34. The smallest absolute Gasteiger partial charge is 0.327 e. The third-order valence-electron chi connectivity index (χ3n) is 3.86. The molecule has 18 heavy (non-hydrogen) atoms. The van der Waals surface area contributed by atoms with Gasteiger partial charge >= 0.3 is 6.92 Å². The van der Waals surface area contributed by atoms with E-state index in [2.05, 4.69) is 41.5 Å². The quantitative estimate of drug-likeness (QED) is 0.827. The van der Waals surface area contributed by atoms with Crippen molar-refractivity contribution in [1.82, 2.24) is 0 Å². The monoisotopic (exact) mass is 248 g/mol. The standard InChI is InChI=1S/C15H25BO2/c1-7-16(12-9-8-10-13(17)11-12)18-15(5,6)14(2,3)4/h8-11,17H,7H2,1-6H3. The third kappa shape index (κ3) is 3.52. The van der Waals surface area contributed by atoms with Gasteiger partial charge in [-0.25, -0.2) is 0 Å². The average molecular weight is 248 g/mol. The van der Waals surface area contributed by atoms with Gasteiger partial charge in [0.2, 0.25) is 0 Å². The minimum absolute atomic E-state index is 0.0197. The van der Waals surface area contributed by atoms with Crippen LogP contribution in [0.1, 0.15) is 41.5 Å². The Morgan fingerprint density at radius 2 is 1.78 bits per heavy atom. The molecule has 1 aromatic rings. The van der Waals surface area contributed by atoms with E-state index in [-0.39, 0.29) is 17.9 Å². The Labute approximate surface area is 111 Å². The second kappa shape index (κ2) is 5.35. The maximum Gasteiger partial charge on any atom is 0.327 e. The summed E-state index contributed by atoms with van der Waals surface area (Å²) < 4.78 is 6.28. The highest BCUT2D eigenvalue weighted by atomic mass is 16.5. The molecule has 100 valence electrons. The van der Waals surface area contributed by atoms with E-state index < -0.39 is 0 Å². The van der Waals surface area contributed by atoms with Gasteiger partial charge in [0.05, 0.1) is 5.60 Å². The van der Waals surface area contributed by atoms with Gasteiger partial charge < -0.3 is 9.76 Å². The Morgan fingerprint density at radius 1 is 1.17 bits per heavy atom. The van der Waals surface area contributed by atoms with E-state index in [1.807, 2.05) is 12.1 Å². The molecule has 0 unspecified atom stereocenters. The van der Waals surface area contributed by atoms with Crippen LogP contribution >= 0.6 is 0 Å². The number of aromatic hydroxyl groups is 1. The van der Waals surface area contributed by atoms with Crippen molar-refractivity contribution in [2.24, 2.45) is 5.41 Å². The zero-order valence-electron chi connectivity index (χ0n) is 12.4. The zero-order chi connectivity index (χ0) is 14.0. The summed E-state index contributed by atoms with van der Waals surface area (Å²) in [5.41, 5.74) is 0.881. The minimum Gasteiger partial charge on any atom is -0.508 e. The first-order chi connectivity index (χ1) is 8.17. The summed E-state index contributed by atoms with van der Waals surface area (Å²) >= 11 is 0. The highest BCUT2D eigenvalue weighted by Gasteiger charge is 2.36. The first-order valence-electron chi connectivity index (χ1n) is 6.64. The zero-order valence-corrected chi connectivity index (χ0v) is 12.4. The van der Waals surface area contributed by atoms with E-state index in [4.69, 9.17) is 4.65 Å². The molecular weight excluding hydrogens is 223 g/mol. The van der Waals surface area contributed by atoms with Crippen LogP contribution in [0.4, 0.5) is 0 Å². The van der Waals surface area contributed by atoms with Crippen LogP contribution in [0.2, 0.25) is 6.32 Å². The Bertz CT molecular complexity index is 394. The summed E-state index contributed by atoms with van der Waals surface area (Å²) in [4.78, 5) is 0. The predicted molar refractivity (Wildman–Crippen MR) is 78.6 cm³/mol. The summed E-state index contributed by atoms with van der Waals surface area (Å²) in [7, 11) is 0. The summed E-state index contributed by atoms with van der Waals surface area (Å²) in [6.45, 7) is 12.9. The van der Waals surface area contributed by atoms with Crippen LogP contribution < -0.4 is 5.46 Å². The van der Waals surface area contributed by atoms with E-state index >= 15 is 0 Å². The first-order valence-corrected chi connectivity index (χ1v) is 6.64. The maximum atomic E-state index is 9.56. The SMILES string of the molecule is CCB(OC(C)(C)C(C)(C)C)c1cccc(O)c1. The molecular formula is C15H25BO2. The van der Waals surface area contributed by atoms with Crippen molar-refractivity contribution in [3.63, 3.8) is 0 Å². The van der Waals surface area contributed by atoms with Crippen molar-refractivity contribution >= 4 is 12.4 Å². The van der Waals surface area contributed by atoms with Crippen molar-refractivity contribution < 1.29 is 9.76 Å². The largest absolute Gasteiger partial charge is 0.508 e.